The van der Waals surface area contributed by atoms with Crippen molar-refractivity contribution in [1.82, 2.24) is 0 Å². The molecule has 0 aliphatic heterocycles. The minimum atomic E-state index is -1.19. The minimum absolute atomic E-state index is 1.06. The molecule has 0 N–H and O–H groups in total. The lowest BCUT2D eigenvalue weighted by Gasteiger charge is -2.38. The van der Waals surface area contributed by atoms with Gasteiger partial charge in [-0.15, -0.1) is 0 Å². The molecule has 21 heavy (non-hydrogen) atoms. The first kappa shape index (κ1) is 15.7. The molecule has 0 aromatic heterocycles. The zero-order valence-electron chi connectivity index (χ0n) is 13.1. The smallest absolute Gasteiger partial charge is 0.00213 e. The third-order valence-corrected chi connectivity index (χ3v) is 7.31. The molecular weight excluding hydrogens is 272 g/mol. The molecule has 0 radical (unpaired) electrons. The van der Waals surface area contributed by atoms with Crippen molar-refractivity contribution < 1.29 is 0 Å². The van der Waals surface area contributed by atoms with E-state index in [1.807, 2.05) is 0 Å². The lowest BCUT2D eigenvalue weighted by atomic mass is 10.4. The maximum Gasteiger partial charge on any atom is -0.00213 e. The average Bonchev–Trinajstić information content (AvgIpc) is 2.55. The van der Waals surface area contributed by atoms with Crippen molar-refractivity contribution in [2.75, 3.05) is 6.26 Å². The minimum Gasteiger partial charge on any atom is -0.164 e. The second-order valence-electron chi connectivity index (χ2n) is 5.06. The van der Waals surface area contributed by atoms with E-state index >= 15 is 0 Å². The number of hydrogen-bond acceptors (Lipinski definition) is 0. The molecule has 110 valence electrons. The Morgan fingerprint density at radius 3 is 1.76 bits per heavy atom. The Hall–Kier alpha value is -1.73. The fourth-order valence-electron chi connectivity index (χ4n) is 2.53. The van der Waals surface area contributed by atoms with Crippen molar-refractivity contribution >= 4 is 10.0 Å². The van der Waals surface area contributed by atoms with Crippen LogP contribution in [-0.2, 0) is 0 Å². The topological polar surface area (TPSA) is 0 Å². The van der Waals surface area contributed by atoms with Gasteiger partial charge in [0.15, 0.2) is 0 Å². The van der Waals surface area contributed by atoms with Crippen molar-refractivity contribution in [3.8, 4) is 0 Å². The van der Waals surface area contributed by atoms with E-state index in [0.717, 1.165) is 6.42 Å². The maximum atomic E-state index is 2.40. The molecule has 0 amide bonds. The highest BCUT2D eigenvalue weighted by molar-refractivity contribution is 8.36. The zero-order chi connectivity index (χ0) is 15.1. The van der Waals surface area contributed by atoms with E-state index < -0.39 is 10.0 Å². The molecule has 0 aliphatic carbocycles. The Kier molecular flexibility index (Phi) is 5.46. The van der Waals surface area contributed by atoms with Crippen molar-refractivity contribution in [2.45, 2.75) is 30.1 Å². The van der Waals surface area contributed by atoms with E-state index in [9.17, 15) is 0 Å². The Morgan fingerprint density at radius 1 is 0.905 bits per heavy atom. The van der Waals surface area contributed by atoms with Gasteiger partial charge in [0.1, 0.15) is 0 Å². The van der Waals surface area contributed by atoms with E-state index in [1.54, 1.807) is 0 Å². The molecule has 0 saturated carbocycles. The number of benzene rings is 2. The first-order valence-corrected chi connectivity index (χ1v) is 9.49. The van der Waals surface area contributed by atoms with E-state index in [4.69, 9.17) is 0 Å². The van der Waals surface area contributed by atoms with E-state index in [2.05, 4.69) is 99.0 Å². The largest absolute Gasteiger partial charge is 0.164 e. The summed E-state index contributed by atoms with van der Waals surface area (Å²) in [6.07, 6.45) is 10.3. The van der Waals surface area contributed by atoms with E-state index in [-0.39, 0.29) is 0 Å². The summed E-state index contributed by atoms with van der Waals surface area (Å²) >= 11 is 0. The van der Waals surface area contributed by atoms with Gasteiger partial charge < -0.3 is 0 Å². The van der Waals surface area contributed by atoms with Crippen LogP contribution in [0.3, 0.4) is 0 Å². The van der Waals surface area contributed by atoms with Gasteiger partial charge in [-0.05, 0) is 58.6 Å². The molecule has 0 nitrogen and oxygen atoms in total. The van der Waals surface area contributed by atoms with Gasteiger partial charge in [-0.1, -0.05) is 61.5 Å². The first-order valence-electron chi connectivity index (χ1n) is 7.45. The molecular formula is C20H24S. The number of allylic oxidation sites excluding steroid dienone is 3. The molecule has 0 unspecified atom stereocenters. The van der Waals surface area contributed by atoms with Gasteiger partial charge in [0.05, 0.1) is 0 Å². The molecule has 2 aromatic carbocycles. The van der Waals surface area contributed by atoms with Crippen LogP contribution in [0.15, 0.2) is 93.6 Å². The lowest BCUT2D eigenvalue weighted by Crippen LogP contribution is -2.02. The van der Waals surface area contributed by atoms with E-state index in [0.29, 0.717) is 0 Å². The van der Waals surface area contributed by atoms with Gasteiger partial charge in [0.2, 0.25) is 0 Å². The summed E-state index contributed by atoms with van der Waals surface area (Å²) < 4.78 is 0. The Balaban J connectivity index is 2.68. The molecule has 2 rings (SSSR count). The third-order valence-electron chi connectivity index (χ3n) is 3.64. The van der Waals surface area contributed by atoms with Gasteiger partial charge >= 0.3 is 0 Å². The molecule has 0 bridgehead atoms. The summed E-state index contributed by atoms with van der Waals surface area (Å²) in [4.78, 5) is 4.26. The zero-order valence-corrected chi connectivity index (χ0v) is 13.9. The lowest BCUT2D eigenvalue weighted by molar-refractivity contribution is 1.21. The normalized spacial score (nSPS) is 13.6. The highest BCUT2D eigenvalue weighted by Crippen LogP contribution is 2.65. The molecule has 0 fully saturated rings. The van der Waals surface area contributed by atoms with Crippen LogP contribution in [0.4, 0.5) is 0 Å². The van der Waals surface area contributed by atoms with Crippen LogP contribution in [-0.4, -0.2) is 6.26 Å². The molecule has 2 aromatic rings. The van der Waals surface area contributed by atoms with Gasteiger partial charge in [-0.2, -0.15) is 10.0 Å². The van der Waals surface area contributed by atoms with Crippen LogP contribution in [0.1, 0.15) is 20.3 Å². The van der Waals surface area contributed by atoms with Gasteiger partial charge in [-0.3, -0.25) is 0 Å². The molecule has 0 heterocycles. The SMILES string of the molecule is CC=CC(=CCC)S(C)(c1ccccc1)c1ccccc1. The third kappa shape index (κ3) is 3.30. The Labute approximate surface area is 130 Å². The molecule has 1 heteroatoms. The van der Waals surface area contributed by atoms with Gasteiger partial charge in [-0.25, -0.2) is 0 Å². The quantitative estimate of drug-likeness (QED) is 0.559. The van der Waals surface area contributed by atoms with Crippen LogP contribution >= 0.6 is 10.0 Å². The van der Waals surface area contributed by atoms with Crippen LogP contribution in [0, 0.1) is 0 Å². The summed E-state index contributed by atoms with van der Waals surface area (Å²) in [5.41, 5.74) is 0. The summed E-state index contributed by atoms with van der Waals surface area (Å²) in [5, 5.41) is 0. The fraction of sp³-hybridized carbons (Fsp3) is 0.200. The second-order valence-corrected chi connectivity index (χ2v) is 8.31. The number of hydrogen-bond donors (Lipinski definition) is 0. The van der Waals surface area contributed by atoms with Crippen molar-refractivity contribution in [2.24, 2.45) is 0 Å². The highest BCUT2D eigenvalue weighted by Gasteiger charge is 2.25. The molecule has 0 spiro atoms. The predicted octanol–water partition coefficient (Wildman–Crippen LogP) is 6.41. The summed E-state index contributed by atoms with van der Waals surface area (Å²) in [7, 11) is -1.19. The van der Waals surface area contributed by atoms with Crippen molar-refractivity contribution in [3.05, 3.63) is 83.8 Å². The summed E-state index contributed by atoms with van der Waals surface area (Å²) in [6.45, 7) is 4.30. The van der Waals surface area contributed by atoms with Crippen molar-refractivity contribution in [1.29, 1.82) is 0 Å². The molecule has 0 saturated heterocycles. The first-order chi connectivity index (χ1) is 10.2. The molecule has 0 aliphatic rings. The van der Waals surface area contributed by atoms with E-state index in [1.165, 1.54) is 14.7 Å². The predicted molar refractivity (Wildman–Crippen MR) is 96.1 cm³/mol. The number of rotatable bonds is 5. The average molecular weight is 296 g/mol. The summed E-state index contributed by atoms with van der Waals surface area (Å²) in [6, 6.07) is 21.8. The summed E-state index contributed by atoms with van der Waals surface area (Å²) in [5.74, 6) is 0. The Bertz CT molecular complexity index is 569. The maximum absolute atomic E-state index is 2.40. The van der Waals surface area contributed by atoms with Gasteiger partial charge in [0, 0.05) is 0 Å². The van der Waals surface area contributed by atoms with Crippen molar-refractivity contribution in [3.63, 3.8) is 0 Å². The van der Waals surface area contributed by atoms with Crippen LogP contribution in [0.25, 0.3) is 0 Å². The monoisotopic (exact) mass is 296 g/mol. The fourth-order valence-corrected chi connectivity index (χ4v) is 5.66. The second kappa shape index (κ2) is 7.33. The van der Waals surface area contributed by atoms with Crippen LogP contribution in [0.2, 0.25) is 0 Å². The molecule has 0 atom stereocenters. The van der Waals surface area contributed by atoms with Crippen LogP contribution < -0.4 is 0 Å². The van der Waals surface area contributed by atoms with Crippen LogP contribution in [0.5, 0.6) is 0 Å². The standard InChI is InChI=1S/C20H24S/c1-4-12-18(13-5-2)21(3,19-14-8-6-9-15-19)20-16-10-7-11-17-20/h4,6-17H,5H2,1-3H3. The van der Waals surface area contributed by atoms with Gasteiger partial charge in [0.25, 0.3) is 0 Å². The Morgan fingerprint density at radius 2 is 1.38 bits per heavy atom. The highest BCUT2D eigenvalue weighted by atomic mass is 32.3.